The van der Waals surface area contributed by atoms with E-state index in [0.29, 0.717) is 0 Å². The van der Waals surface area contributed by atoms with Crippen LogP contribution in [0.1, 0.15) is 44.1 Å². The molecule has 116 valence electrons. The lowest BCUT2D eigenvalue weighted by Gasteiger charge is -2.32. The van der Waals surface area contributed by atoms with E-state index in [1.165, 1.54) is 12.0 Å². The van der Waals surface area contributed by atoms with Crippen LogP contribution < -0.4 is 4.74 Å². The summed E-state index contributed by atoms with van der Waals surface area (Å²) < 4.78 is 5.87. The number of hydrogen-bond donors (Lipinski definition) is 1. The summed E-state index contributed by atoms with van der Waals surface area (Å²) in [7, 11) is 0. The predicted molar refractivity (Wildman–Crippen MR) is 89.3 cm³/mol. The molecule has 22 heavy (non-hydrogen) atoms. The molecule has 0 bridgehead atoms. The smallest absolute Gasteiger partial charge is 0.127 e. The molecule has 2 heteroatoms. The molecule has 0 spiro atoms. The molecule has 3 rings (SSSR count). The van der Waals surface area contributed by atoms with Crippen LogP contribution in [0.2, 0.25) is 0 Å². The van der Waals surface area contributed by atoms with Crippen LogP contribution in [-0.2, 0) is 6.42 Å². The molecule has 1 saturated carbocycles. The number of para-hydroxylation sites is 1. The van der Waals surface area contributed by atoms with Gasteiger partial charge in [0.2, 0.25) is 0 Å². The summed E-state index contributed by atoms with van der Waals surface area (Å²) >= 11 is 0. The fraction of sp³-hybridized carbons (Fsp3) is 0.400. The van der Waals surface area contributed by atoms with Crippen molar-refractivity contribution in [2.24, 2.45) is 0 Å². The van der Waals surface area contributed by atoms with Gasteiger partial charge in [-0.1, -0.05) is 49.6 Å². The summed E-state index contributed by atoms with van der Waals surface area (Å²) in [4.78, 5) is 0. The first-order valence-electron chi connectivity index (χ1n) is 8.28. The predicted octanol–water partition coefficient (Wildman–Crippen LogP) is 5.11. The highest BCUT2D eigenvalue weighted by atomic mass is 16.5. The van der Waals surface area contributed by atoms with E-state index in [-0.39, 0.29) is 0 Å². The highest BCUT2D eigenvalue weighted by Gasteiger charge is 2.28. The average Bonchev–Trinajstić information content (AvgIpc) is 2.55. The Hall–Kier alpha value is -1.80. The second kappa shape index (κ2) is 6.97. The molecule has 0 amide bonds. The maximum Gasteiger partial charge on any atom is 0.127 e. The van der Waals surface area contributed by atoms with E-state index in [4.69, 9.17) is 4.74 Å². The highest BCUT2D eigenvalue weighted by molar-refractivity contribution is 5.34. The Bertz CT molecular complexity index is 586. The molecule has 0 heterocycles. The topological polar surface area (TPSA) is 29.5 Å². The Morgan fingerprint density at radius 2 is 1.59 bits per heavy atom. The molecule has 1 aliphatic rings. The quantitative estimate of drug-likeness (QED) is 0.831. The lowest BCUT2D eigenvalue weighted by Crippen LogP contribution is -2.31. The molecule has 2 aromatic rings. The van der Waals surface area contributed by atoms with E-state index < -0.39 is 5.60 Å². The van der Waals surface area contributed by atoms with Gasteiger partial charge >= 0.3 is 0 Å². The summed E-state index contributed by atoms with van der Waals surface area (Å²) in [5, 5.41) is 10.6. The monoisotopic (exact) mass is 296 g/mol. The molecule has 1 N–H and O–H groups in total. The van der Waals surface area contributed by atoms with E-state index in [0.717, 1.165) is 50.0 Å². The van der Waals surface area contributed by atoms with Crippen molar-refractivity contribution in [1.82, 2.24) is 0 Å². The number of hydrogen-bond acceptors (Lipinski definition) is 2. The fourth-order valence-electron chi connectivity index (χ4n) is 3.23. The van der Waals surface area contributed by atoms with Gasteiger partial charge in [-0.3, -0.25) is 0 Å². The lowest BCUT2D eigenvalue weighted by molar-refractivity contribution is -0.00342. The first-order valence-corrected chi connectivity index (χ1v) is 8.28. The maximum absolute atomic E-state index is 10.6. The van der Waals surface area contributed by atoms with Crippen molar-refractivity contribution >= 4 is 0 Å². The van der Waals surface area contributed by atoms with Gasteiger partial charge in [0, 0.05) is 0 Å². The summed E-state index contributed by atoms with van der Waals surface area (Å²) in [5.74, 6) is 1.71. The first kappa shape index (κ1) is 15.1. The van der Waals surface area contributed by atoms with Crippen LogP contribution in [0.4, 0.5) is 0 Å². The fourth-order valence-corrected chi connectivity index (χ4v) is 3.23. The lowest BCUT2D eigenvalue weighted by atomic mass is 9.81. The minimum absolute atomic E-state index is 0.450. The van der Waals surface area contributed by atoms with Crippen molar-refractivity contribution in [3.8, 4) is 11.5 Å². The van der Waals surface area contributed by atoms with Crippen molar-refractivity contribution in [1.29, 1.82) is 0 Å². The largest absolute Gasteiger partial charge is 0.457 e. The number of benzene rings is 2. The molecular weight excluding hydrogens is 272 g/mol. The summed E-state index contributed by atoms with van der Waals surface area (Å²) in [5.41, 5.74) is 0.779. The van der Waals surface area contributed by atoms with Crippen molar-refractivity contribution in [2.45, 2.75) is 50.5 Å². The molecule has 2 aromatic carbocycles. The van der Waals surface area contributed by atoms with Crippen molar-refractivity contribution in [3.05, 3.63) is 60.2 Å². The third-order valence-electron chi connectivity index (χ3n) is 4.54. The molecular formula is C20H24O2. The van der Waals surface area contributed by atoms with Gasteiger partial charge in [-0.2, -0.15) is 0 Å². The number of aliphatic hydroxyl groups is 1. The van der Waals surface area contributed by atoms with Crippen LogP contribution in [0.5, 0.6) is 11.5 Å². The Morgan fingerprint density at radius 1 is 0.864 bits per heavy atom. The van der Waals surface area contributed by atoms with E-state index in [9.17, 15) is 5.11 Å². The molecule has 0 unspecified atom stereocenters. The van der Waals surface area contributed by atoms with Crippen LogP contribution in [0.15, 0.2) is 54.6 Å². The average molecular weight is 296 g/mol. The van der Waals surface area contributed by atoms with E-state index >= 15 is 0 Å². The van der Waals surface area contributed by atoms with Crippen molar-refractivity contribution in [3.63, 3.8) is 0 Å². The molecule has 0 radical (unpaired) electrons. The highest BCUT2D eigenvalue weighted by Crippen LogP contribution is 2.32. The second-order valence-electron chi connectivity index (χ2n) is 6.35. The molecule has 1 fully saturated rings. The third kappa shape index (κ3) is 4.11. The Morgan fingerprint density at radius 3 is 2.36 bits per heavy atom. The van der Waals surface area contributed by atoms with Crippen LogP contribution in [0, 0.1) is 0 Å². The van der Waals surface area contributed by atoms with Crippen molar-refractivity contribution in [2.75, 3.05) is 0 Å². The van der Waals surface area contributed by atoms with Crippen molar-refractivity contribution < 1.29 is 9.84 Å². The zero-order chi connectivity index (χ0) is 15.3. The Kier molecular flexibility index (Phi) is 4.79. The Balaban J connectivity index is 1.61. The van der Waals surface area contributed by atoms with Gasteiger partial charge in [0.05, 0.1) is 5.60 Å². The molecule has 1 aliphatic carbocycles. The van der Waals surface area contributed by atoms with Gasteiger partial charge in [0.1, 0.15) is 11.5 Å². The van der Waals surface area contributed by atoms with Crippen LogP contribution in [-0.4, -0.2) is 10.7 Å². The van der Waals surface area contributed by atoms with E-state index in [1.54, 1.807) is 0 Å². The standard InChI is InChI=1S/C20H24O2/c21-20(13-5-2-6-14-20)15-12-17-8-7-11-19(16-17)22-18-9-3-1-4-10-18/h1,3-4,7-11,16,21H,2,5-6,12-15H2. The van der Waals surface area contributed by atoms with E-state index in [1.807, 2.05) is 42.5 Å². The van der Waals surface area contributed by atoms with Gasteiger partial charge in [-0.25, -0.2) is 0 Å². The summed E-state index contributed by atoms with van der Waals surface area (Å²) in [6.07, 6.45) is 7.24. The van der Waals surface area contributed by atoms with Gasteiger partial charge in [-0.05, 0) is 55.5 Å². The third-order valence-corrected chi connectivity index (χ3v) is 4.54. The van der Waals surface area contributed by atoms with Crippen LogP contribution in [0.25, 0.3) is 0 Å². The SMILES string of the molecule is OC1(CCc2cccc(Oc3ccccc3)c2)CCCCC1. The molecule has 0 aliphatic heterocycles. The van der Waals surface area contributed by atoms with Gasteiger partial charge < -0.3 is 9.84 Å². The molecule has 0 saturated heterocycles. The van der Waals surface area contributed by atoms with Crippen LogP contribution >= 0.6 is 0 Å². The summed E-state index contributed by atoms with van der Waals surface area (Å²) in [6.45, 7) is 0. The first-order chi connectivity index (χ1) is 10.7. The van der Waals surface area contributed by atoms with E-state index in [2.05, 4.69) is 12.1 Å². The minimum atomic E-state index is -0.450. The van der Waals surface area contributed by atoms with Gasteiger partial charge in [-0.15, -0.1) is 0 Å². The maximum atomic E-state index is 10.6. The number of rotatable bonds is 5. The van der Waals surface area contributed by atoms with Crippen LogP contribution in [0.3, 0.4) is 0 Å². The second-order valence-corrected chi connectivity index (χ2v) is 6.35. The molecule has 0 atom stereocenters. The zero-order valence-corrected chi connectivity index (χ0v) is 13.0. The normalized spacial score (nSPS) is 17.1. The summed E-state index contributed by atoms with van der Waals surface area (Å²) in [6, 6.07) is 18.0. The molecule has 2 nitrogen and oxygen atoms in total. The number of ether oxygens (including phenoxy) is 1. The minimum Gasteiger partial charge on any atom is -0.457 e. The molecule has 0 aromatic heterocycles. The van der Waals surface area contributed by atoms with Gasteiger partial charge in [0.25, 0.3) is 0 Å². The Labute approximate surface area is 132 Å². The zero-order valence-electron chi connectivity index (χ0n) is 13.0. The number of aryl methyl sites for hydroxylation is 1. The van der Waals surface area contributed by atoms with Gasteiger partial charge in [0.15, 0.2) is 0 Å².